The largest absolute Gasteiger partial charge is 0.479 e. The molecule has 92 valence electrons. The first-order valence-electron chi connectivity index (χ1n) is 4.89. The third-order valence-electron chi connectivity index (χ3n) is 2.14. The molecule has 1 aromatic carbocycles. The van der Waals surface area contributed by atoms with E-state index in [4.69, 9.17) is 16.2 Å². The van der Waals surface area contributed by atoms with Crippen molar-refractivity contribution in [3.8, 4) is 5.75 Å². The summed E-state index contributed by atoms with van der Waals surface area (Å²) in [6, 6.07) is 4.40. The fraction of sp³-hybridized carbons (Fsp3) is 0.273. The summed E-state index contributed by atoms with van der Waals surface area (Å²) in [6.07, 6.45) is -0.829. The highest BCUT2D eigenvalue weighted by molar-refractivity contribution is 5.90. The number of hydrogen-bond donors (Lipinski definition) is 2. The number of amides is 1. The fourth-order valence-electron chi connectivity index (χ4n) is 1.13. The van der Waals surface area contributed by atoms with Gasteiger partial charge >= 0.3 is 5.97 Å². The molecule has 4 N–H and O–H groups in total. The van der Waals surface area contributed by atoms with Gasteiger partial charge in [0, 0.05) is 0 Å². The van der Waals surface area contributed by atoms with E-state index in [0.717, 1.165) is 0 Å². The molecule has 0 saturated heterocycles. The van der Waals surface area contributed by atoms with Gasteiger partial charge in [0.15, 0.2) is 6.10 Å². The number of benzene rings is 1. The lowest BCUT2D eigenvalue weighted by atomic mass is 10.2. The number of anilines is 1. The summed E-state index contributed by atoms with van der Waals surface area (Å²) >= 11 is 0. The lowest BCUT2D eigenvalue weighted by molar-refractivity contribution is -0.123. The number of methoxy groups -OCH3 is 1. The van der Waals surface area contributed by atoms with Gasteiger partial charge in [0.1, 0.15) is 5.75 Å². The second-order valence-electron chi connectivity index (χ2n) is 3.41. The number of carbonyl (C=O) groups is 2. The predicted octanol–water partition coefficient (Wildman–Crippen LogP) is 0.308. The molecule has 1 unspecified atom stereocenters. The van der Waals surface area contributed by atoms with E-state index in [9.17, 15) is 9.59 Å². The van der Waals surface area contributed by atoms with Gasteiger partial charge in [-0.3, -0.25) is 4.79 Å². The Morgan fingerprint density at radius 2 is 2.00 bits per heavy atom. The Kier molecular flexibility index (Phi) is 3.92. The maximum absolute atomic E-state index is 11.3. The highest BCUT2D eigenvalue weighted by Crippen LogP contribution is 2.24. The molecule has 0 aliphatic carbocycles. The molecule has 6 nitrogen and oxygen atoms in total. The van der Waals surface area contributed by atoms with Gasteiger partial charge in [-0.05, 0) is 25.1 Å². The lowest BCUT2D eigenvalue weighted by Crippen LogP contribution is -2.30. The second kappa shape index (κ2) is 5.20. The summed E-state index contributed by atoms with van der Waals surface area (Å²) in [7, 11) is 1.27. The first kappa shape index (κ1) is 12.8. The Hall–Kier alpha value is -2.24. The Bertz CT molecular complexity index is 445. The molecule has 0 saturated carbocycles. The van der Waals surface area contributed by atoms with E-state index in [-0.39, 0.29) is 11.3 Å². The summed E-state index contributed by atoms with van der Waals surface area (Å²) in [4.78, 5) is 22.1. The Morgan fingerprint density at radius 1 is 1.35 bits per heavy atom. The molecular weight excluding hydrogens is 224 g/mol. The number of hydrogen-bond acceptors (Lipinski definition) is 5. The predicted molar refractivity (Wildman–Crippen MR) is 61.5 cm³/mol. The highest BCUT2D eigenvalue weighted by Gasteiger charge is 2.14. The summed E-state index contributed by atoms with van der Waals surface area (Å²) in [5, 5.41) is 0. The minimum Gasteiger partial charge on any atom is -0.479 e. The van der Waals surface area contributed by atoms with Crippen molar-refractivity contribution < 1.29 is 19.1 Å². The van der Waals surface area contributed by atoms with Crippen molar-refractivity contribution in [3.63, 3.8) is 0 Å². The zero-order valence-corrected chi connectivity index (χ0v) is 9.60. The van der Waals surface area contributed by atoms with Crippen LogP contribution in [-0.2, 0) is 9.53 Å². The zero-order chi connectivity index (χ0) is 13.0. The van der Waals surface area contributed by atoms with Crippen LogP contribution in [-0.4, -0.2) is 25.1 Å². The van der Waals surface area contributed by atoms with Crippen LogP contribution < -0.4 is 16.2 Å². The van der Waals surface area contributed by atoms with Crippen LogP contribution >= 0.6 is 0 Å². The molecule has 0 fully saturated rings. The van der Waals surface area contributed by atoms with Crippen molar-refractivity contribution in [3.05, 3.63) is 23.8 Å². The highest BCUT2D eigenvalue weighted by atomic mass is 16.5. The van der Waals surface area contributed by atoms with Crippen molar-refractivity contribution in [1.82, 2.24) is 0 Å². The van der Waals surface area contributed by atoms with Gasteiger partial charge in [-0.15, -0.1) is 0 Å². The van der Waals surface area contributed by atoms with Crippen LogP contribution in [0.4, 0.5) is 5.69 Å². The number of rotatable bonds is 4. The van der Waals surface area contributed by atoms with Crippen LogP contribution in [0.1, 0.15) is 17.3 Å². The molecule has 1 amide bonds. The summed E-state index contributed by atoms with van der Waals surface area (Å²) in [5.74, 6) is -0.909. The number of nitrogens with two attached hydrogens (primary N) is 2. The Morgan fingerprint density at radius 3 is 2.53 bits per heavy atom. The molecule has 1 aromatic rings. The first-order valence-corrected chi connectivity index (χ1v) is 4.89. The molecule has 1 rings (SSSR count). The van der Waals surface area contributed by atoms with Gasteiger partial charge in [0.2, 0.25) is 0 Å². The normalized spacial score (nSPS) is 11.6. The molecule has 0 spiro atoms. The van der Waals surface area contributed by atoms with Crippen LogP contribution in [0.15, 0.2) is 18.2 Å². The minimum absolute atomic E-state index is 0.221. The van der Waals surface area contributed by atoms with Crippen LogP contribution in [0.25, 0.3) is 0 Å². The molecule has 0 aliphatic rings. The molecule has 0 aromatic heterocycles. The zero-order valence-electron chi connectivity index (χ0n) is 9.60. The summed E-state index contributed by atoms with van der Waals surface area (Å²) < 4.78 is 9.79. The fourth-order valence-corrected chi connectivity index (χ4v) is 1.13. The van der Waals surface area contributed by atoms with Crippen molar-refractivity contribution >= 4 is 17.6 Å². The van der Waals surface area contributed by atoms with E-state index in [1.54, 1.807) is 0 Å². The molecule has 0 aliphatic heterocycles. The smallest absolute Gasteiger partial charge is 0.337 e. The molecule has 0 heterocycles. The maximum Gasteiger partial charge on any atom is 0.337 e. The molecular formula is C11H14N2O4. The topological polar surface area (TPSA) is 105 Å². The van der Waals surface area contributed by atoms with E-state index in [0.29, 0.717) is 5.69 Å². The number of esters is 1. The van der Waals surface area contributed by atoms with Crippen molar-refractivity contribution in [2.45, 2.75) is 13.0 Å². The van der Waals surface area contributed by atoms with E-state index < -0.39 is 18.0 Å². The summed E-state index contributed by atoms with van der Waals surface area (Å²) in [6.45, 7) is 1.49. The standard InChI is InChI=1S/C11H14N2O4/c1-6(10(13)14)17-9-5-7(11(15)16-2)3-4-8(9)12/h3-6H,12H2,1-2H3,(H2,13,14). The molecule has 0 bridgehead atoms. The average molecular weight is 238 g/mol. The summed E-state index contributed by atoms with van der Waals surface area (Å²) in [5.41, 5.74) is 11.3. The molecule has 17 heavy (non-hydrogen) atoms. The number of ether oxygens (including phenoxy) is 2. The van der Waals surface area contributed by atoms with Crippen LogP contribution in [0.2, 0.25) is 0 Å². The lowest BCUT2D eigenvalue weighted by Gasteiger charge is -2.13. The van der Waals surface area contributed by atoms with Crippen molar-refractivity contribution in [1.29, 1.82) is 0 Å². The second-order valence-corrected chi connectivity index (χ2v) is 3.41. The van der Waals surface area contributed by atoms with Gasteiger partial charge in [-0.25, -0.2) is 4.79 Å². The van der Waals surface area contributed by atoms with Gasteiger partial charge in [0.25, 0.3) is 5.91 Å². The Labute approximate surface area is 98.5 Å². The van der Waals surface area contributed by atoms with Crippen molar-refractivity contribution in [2.24, 2.45) is 5.73 Å². The van der Waals surface area contributed by atoms with Gasteiger partial charge < -0.3 is 20.9 Å². The van der Waals surface area contributed by atoms with E-state index in [1.165, 1.54) is 32.2 Å². The van der Waals surface area contributed by atoms with Crippen LogP contribution in [0.3, 0.4) is 0 Å². The SMILES string of the molecule is COC(=O)c1ccc(N)c(OC(C)C(N)=O)c1. The quantitative estimate of drug-likeness (QED) is 0.580. The molecule has 1 atom stereocenters. The van der Waals surface area contributed by atoms with Crippen LogP contribution in [0.5, 0.6) is 5.75 Å². The van der Waals surface area contributed by atoms with E-state index in [2.05, 4.69) is 4.74 Å². The average Bonchev–Trinajstić information content (AvgIpc) is 2.30. The monoisotopic (exact) mass is 238 g/mol. The third kappa shape index (κ3) is 3.10. The minimum atomic E-state index is -0.829. The van der Waals surface area contributed by atoms with Gasteiger partial charge in [-0.1, -0.05) is 0 Å². The van der Waals surface area contributed by atoms with Gasteiger partial charge in [0.05, 0.1) is 18.4 Å². The first-order chi connectivity index (χ1) is 7.95. The number of primary amides is 1. The number of nitrogen functional groups attached to an aromatic ring is 1. The van der Waals surface area contributed by atoms with E-state index >= 15 is 0 Å². The molecule has 0 radical (unpaired) electrons. The van der Waals surface area contributed by atoms with E-state index in [1.807, 2.05) is 0 Å². The Balaban J connectivity index is 2.98. The molecule has 6 heteroatoms. The van der Waals surface area contributed by atoms with Crippen LogP contribution in [0, 0.1) is 0 Å². The number of carbonyl (C=O) groups excluding carboxylic acids is 2. The van der Waals surface area contributed by atoms with Gasteiger partial charge in [-0.2, -0.15) is 0 Å². The maximum atomic E-state index is 11.3. The van der Waals surface area contributed by atoms with Crippen molar-refractivity contribution in [2.75, 3.05) is 12.8 Å². The third-order valence-corrected chi connectivity index (χ3v) is 2.14.